The molecule has 1 aliphatic heterocycles. The Labute approximate surface area is 152 Å². The number of anilines is 1. The van der Waals surface area contributed by atoms with Crippen LogP contribution in [0.2, 0.25) is 5.02 Å². The van der Waals surface area contributed by atoms with Crippen LogP contribution in [-0.2, 0) is 0 Å². The molecule has 0 spiro atoms. The molecule has 1 atom stereocenters. The normalized spacial score (nSPS) is 17.2. The number of carbonyl (C=O) groups is 1. The minimum absolute atomic E-state index is 0.0390. The van der Waals surface area contributed by atoms with Gasteiger partial charge in [-0.25, -0.2) is 4.79 Å². The summed E-state index contributed by atoms with van der Waals surface area (Å²) in [5.41, 5.74) is 0.702. The Bertz CT molecular complexity index is 735. The van der Waals surface area contributed by atoms with Crippen molar-refractivity contribution in [3.05, 3.63) is 41.1 Å². The van der Waals surface area contributed by atoms with Crippen molar-refractivity contribution in [1.82, 2.24) is 20.0 Å². The maximum atomic E-state index is 12.5. The molecule has 25 heavy (non-hydrogen) atoms. The zero-order valence-electron chi connectivity index (χ0n) is 14.4. The smallest absolute Gasteiger partial charge is 0.321 e. The molecule has 1 aromatic carbocycles. The second kappa shape index (κ2) is 7.84. The van der Waals surface area contributed by atoms with E-state index in [1.807, 2.05) is 17.0 Å². The van der Waals surface area contributed by atoms with Gasteiger partial charge in [0.1, 0.15) is 0 Å². The Hall–Kier alpha value is -2.12. The van der Waals surface area contributed by atoms with E-state index in [1.54, 1.807) is 19.1 Å². The molecule has 0 saturated carbocycles. The fourth-order valence-electron chi connectivity index (χ4n) is 2.93. The highest BCUT2D eigenvalue weighted by molar-refractivity contribution is 6.30. The first-order valence-corrected chi connectivity index (χ1v) is 8.76. The van der Waals surface area contributed by atoms with Gasteiger partial charge in [-0.3, -0.25) is 4.90 Å². The van der Waals surface area contributed by atoms with E-state index in [0.717, 1.165) is 19.5 Å². The van der Waals surface area contributed by atoms with E-state index < -0.39 is 0 Å². The summed E-state index contributed by atoms with van der Waals surface area (Å²) >= 11 is 5.96. The number of nitrogens with one attached hydrogen (secondary N) is 1. The van der Waals surface area contributed by atoms with Crippen LogP contribution in [0.5, 0.6) is 0 Å². The van der Waals surface area contributed by atoms with Gasteiger partial charge in [0.15, 0.2) is 0 Å². The van der Waals surface area contributed by atoms with Gasteiger partial charge in [-0.05, 0) is 31.5 Å². The Morgan fingerprint density at radius 3 is 2.84 bits per heavy atom. The maximum Gasteiger partial charge on any atom is 0.321 e. The molecule has 8 heteroatoms. The molecule has 134 valence electrons. The molecule has 2 heterocycles. The van der Waals surface area contributed by atoms with E-state index in [0.29, 0.717) is 35.6 Å². The van der Waals surface area contributed by atoms with E-state index in [4.69, 9.17) is 16.0 Å². The number of carbonyl (C=O) groups excluding carboxylic acids is 1. The van der Waals surface area contributed by atoms with Gasteiger partial charge in [0.05, 0.1) is 6.04 Å². The van der Waals surface area contributed by atoms with E-state index in [-0.39, 0.29) is 12.1 Å². The molecule has 1 aliphatic rings. The molecule has 1 saturated heterocycles. The Balaban J connectivity index is 1.58. The van der Waals surface area contributed by atoms with E-state index >= 15 is 0 Å². The molecular weight excluding hydrogens is 342 g/mol. The standard InChI is InChI=1S/C17H22ClN5O2/c1-12(16-21-20-13(2)25-16)22-7-4-8-23(10-9-22)17(24)19-15-6-3-5-14(18)11-15/h3,5-6,11-12H,4,7-10H2,1-2H3,(H,19,24). The third kappa shape index (κ3) is 4.49. The highest BCUT2D eigenvalue weighted by atomic mass is 35.5. The van der Waals surface area contributed by atoms with E-state index in [2.05, 4.69) is 27.3 Å². The van der Waals surface area contributed by atoms with Crippen LogP contribution in [0.1, 0.15) is 31.2 Å². The second-order valence-corrected chi connectivity index (χ2v) is 6.59. The van der Waals surface area contributed by atoms with Crippen molar-refractivity contribution in [3.8, 4) is 0 Å². The number of aryl methyl sites for hydroxylation is 1. The fraction of sp³-hybridized carbons (Fsp3) is 0.471. The van der Waals surface area contributed by atoms with Crippen LogP contribution in [-0.4, -0.2) is 52.2 Å². The van der Waals surface area contributed by atoms with Crippen LogP contribution in [0.3, 0.4) is 0 Å². The van der Waals surface area contributed by atoms with Gasteiger partial charge in [0.25, 0.3) is 0 Å². The van der Waals surface area contributed by atoms with Gasteiger partial charge in [0.2, 0.25) is 11.8 Å². The molecule has 2 aromatic rings. The van der Waals surface area contributed by atoms with Crippen LogP contribution in [0, 0.1) is 6.92 Å². The van der Waals surface area contributed by atoms with Gasteiger partial charge in [0, 0.05) is 43.8 Å². The second-order valence-electron chi connectivity index (χ2n) is 6.15. The number of hydrogen-bond donors (Lipinski definition) is 1. The van der Waals surface area contributed by atoms with Crippen LogP contribution in [0.25, 0.3) is 0 Å². The lowest BCUT2D eigenvalue weighted by Crippen LogP contribution is -2.38. The Kier molecular flexibility index (Phi) is 5.55. The molecule has 1 fully saturated rings. The highest BCUT2D eigenvalue weighted by Gasteiger charge is 2.25. The lowest BCUT2D eigenvalue weighted by atomic mass is 10.2. The molecule has 2 amide bonds. The van der Waals surface area contributed by atoms with Crippen molar-refractivity contribution >= 4 is 23.3 Å². The number of nitrogens with zero attached hydrogens (tertiary/aromatic N) is 4. The molecule has 0 radical (unpaired) electrons. The average molecular weight is 364 g/mol. The number of amides is 2. The molecular formula is C17H22ClN5O2. The lowest BCUT2D eigenvalue weighted by molar-refractivity contribution is 0.183. The van der Waals surface area contributed by atoms with Crippen molar-refractivity contribution in [1.29, 1.82) is 0 Å². The topological polar surface area (TPSA) is 74.5 Å². The SMILES string of the molecule is Cc1nnc(C(C)N2CCCN(C(=O)Nc3cccc(Cl)c3)CC2)o1. The number of hydrogen-bond acceptors (Lipinski definition) is 5. The number of halogens is 1. The fourth-order valence-corrected chi connectivity index (χ4v) is 3.12. The summed E-state index contributed by atoms with van der Waals surface area (Å²) in [5.74, 6) is 1.19. The van der Waals surface area contributed by atoms with Crippen molar-refractivity contribution < 1.29 is 9.21 Å². The third-order valence-corrected chi connectivity index (χ3v) is 4.58. The van der Waals surface area contributed by atoms with E-state index in [1.165, 1.54) is 0 Å². The maximum absolute atomic E-state index is 12.5. The van der Waals surface area contributed by atoms with Crippen LogP contribution >= 0.6 is 11.6 Å². The van der Waals surface area contributed by atoms with Crippen LogP contribution < -0.4 is 5.32 Å². The van der Waals surface area contributed by atoms with Crippen LogP contribution in [0.4, 0.5) is 10.5 Å². The first kappa shape index (κ1) is 17.7. The number of aromatic nitrogens is 2. The van der Waals surface area contributed by atoms with Crippen molar-refractivity contribution in [2.24, 2.45) is 0 Å². The molecule has 3 rings (SSSR count). The zero-order chi connectivity index (χ0) is 17.8. The lowest BCUT2D eigenvalue weighted by Gasteiger charge is -2.25. The van der Waals surface area contributed by atoms with Crippen molar-refractivity contribution in [2.45, 2.75) is 26.3 Å². The summed E-state index contributed by atoms with van der Waals surface area (Å²) in [7, 11) is 0. The molecule has 7 nitrogen and oxygen atoms in total. The Morgan fingerprint density at radius 1 is 1.28 bits per heavy atom. The quantitative estimate of drug-likeness (QED) is 0.905. The van der Waals surface area contributed by atoms with Gasteiger partial charge in [-0.15, -0.1) is 10.2 Å². The summed E-state index contributed by atoms with van der Waals surface area (Å²) in [5, 5.41) is 11.5. The number of rotatable bonds is 3. The monoisotopic (exact) mass is 363 g/mol. The van der Waals surface area contributed by atoms with Gasteiger partial charge in [-0.2, -0.15) is 0 Å². The molecule has 1 aromatic heterocycles. The zero-order valence-corrected chi connectivity index (χ0v) is 15.2. The van der Waals surface area contributed by atoms with Crippen molar-refractivity contribution in [3.63, 3.8) is 0 Å². The first-order chi connectivity index (χ1) is 12.0. The van der Waals surface area contributed by atoms with Gasteiger partial charge < -0.3 is 14.6 Å². The first-order valence-electron chi connectivity index (χ1n) is 8.38. The summed E-state index contributed by atoms with van der Waals surface area (Å²) in [6, 6.07) is 7.09. The summed E-state index contributed by atoms with van der Waals surface area (Å²) in [6.45, 7) is 6.82. The van der Waals surface area contributed by atoms with E-state index in [9.17, 15) is 4.79 Å². The average Bonchev–Trinajstić information content (AvgIpc) is 2.87. The summed E-state index contributed by atoms with van der Waals surface area (Å²) in [6.07, 6.45) is 0.889. The predicted octanol–water partition coefficient (Wildman–Crippen LogP) is 3.33. The predicted molar refractivity (Wildman–Crippen MR) is 95.7 cm³/mol. The third-order valence-electron chi connectivity index (χ3n) is 4.34. The largest absolute Gasteiger partial charge is 0.424 e. The highest BCUT2D eigenvalue weighted by Crippen LogP contribution is 2.21. The van der Waals surface area contributed by atoms with Gasteiger partial charge >= 0.3 is 6.03 Å². The number of urea groups is 1. The molecule has 0 aliphatic carbocycles. The Morgan fingerprint density at radius 2 is 2.12 bits per heavy atom. The summed E-state index contributed by atoms with van der Waals surface area (Å²) in [4.78, 5) is 16.6. The number of benzene rings is 1. The van der Waals surface area contributed by atoms with Crippen molar-refractivity contribution in [2.75, 3.05) is 31.5 Å². The summed E-state index contributed by atoms with van der Waals surface area (Å²) < 4.78 is 5.53. The minimum Gasteiger partial charge on any atom is -0.424 e. The minimum atomic E-state index is -0.106. The molecule has 1 N–H and O–H groups in total. The van der Waals surface area contributed by atoms with Gasteiger partial charge in [-0.1, -0.05) is 17.7 Å². The van der Waals surface area contributed by atoms with Crippen LogP contribution in [0.15, 0.2) is 28.7 Å². The molecule has 1 unspecified atom stereocenters. The molecule has 0 bridgehead atoms.